The number of benzene rings is 1. The van der Waals surface area contributed by atoms with Crippen LogP contribution in [0.25, 0.3) is 0 Å². The Morgan fingerprint density at radius 1 is 1.40 bits per heavy atom. The van der Waals surface area contributed by atoms with E-state index >= 15 is 0 Å². The number of fused-ring (bicyclic) bond motifs is 1. The number of amides is 2. The second-order valence-electron chi connectivity index (χ2n) is 6.09. The number of hydrogen-bond donors (Lipinski definition) is 1. The summed E-state index contributed by atoms with van der Waals surface area (Å²) in [6.07, 6.45) is 4.28. The van der Waals surface area contributed by atoms with E-state index in [0.717, 1.165) is 43.5 Å². The van der Waals surface area contributed by atoms with E-state index in [1.807, 2.05) is 0 Å². The first-order chi connectivity index (χ1) is 12.1. The number of rotatable bonds is 3. The number of carbonyl (C=O) groups excluding carboxylic acids is 1. The van der Waals surface area contributed by atoms with Crippen LogP contribution in [-0.4, -0.2) is 32.7 Å². The summed E-state index contributed by atoms with van der Waals surface area (Å²) in [7, 11) is 1.66. The molecule has 1 N–H and O–H groups in total. The predicted molar refractivity (Wildman–Crippen MR) is 89.2 cm³/mol. The Kier molecular flexibility index (Phi) is 4.93. The Hall–Kier alpha value is -2.95. The van der Waals surface area contributed by atoms with E-state index < -0.39 is 5.82 Å². The molecule has 0 aliphatic carbocycles. The summed E-state index contributed by atoms with van der Waals surface area (Å²) in [4.78, 5) is 13.8. The lowest BCUT2D eigenvalue weighted by Crippen LogP contribution is -2.32. The molecule has 0 radical (unpaired) electrons. The highest BCUT2D eigenvalue weighted by Crippen LogP contribution is 2.17. The minimum Gasteiger partial charge on any atom is -0.320 e. The SMILES string of the molecule is CN(Cc1nnc2n1CCCCC2)C(=O)Nc1ccc(F)c(C#N)c1. The molecule has 1 aromatic heterocycles. The van der Waals surface area contributed by atoms with Gasteiger partial charge < -0.3 is 14.8 Å². The lowest BCUT2D eigenvalue weighted by Gasteiger charge is -2.18. The van der Waals surface area contributed by atoms with Crippen LogP contribution < -0.4 is 5.32 Å². The monoisotopic (exact) mass is 342 g/mol. The van der Waals surface area contributed by atoms with Gasteiger partial charge in [-0.2, -0.15) is 5.26 Å². The van der Waals surface area contributed by atoms with Gasteiger partial charge >= 0.3 is 6.03 Å². The van der Waals surface area contributed by atoms with Gasteiger partial charge in [-0.25, -0.2) is 9.18 Å². The molecular formula is C17H19FN6O. The lowest BCUT2D eigenvalue weighted by molar-refractivity contribution is 0.219. The third-order valence-corrected chi connectivity index (χ3v) is 4.25. The first-order valence-electron chi connectivity index (χ1n) is 8.21. The average Bonchev–Trinajstić information content (AvgIpc) is 2.83. The minimum atomic E-state index is -0.611. The third kappa shape index (κ3) is 3.76. The van der Waals surface area contributed by atoms with E-state index in [2.05, 4.69) is 20.1 Å². The smallest absolute Gasteiger partial charge is 0.320 e. The summed E-state index contributed by atoms with van der Waals surface area (Å²) in [6, 6.07) is 5.28. The second kappa shape index (κ2) is 7.30. The summed E-state index contributed by atoms with van der Waals surface area (Å²) >= 11 is 0. The van der Waals surface area contributed by atoms with Gasteiger partial charge in [0.25, 0.3) is 0 Å². The molecule has 0 unspecified atom stereocenters. The topological polar surface area (TPSA) is 86.8 Å². The molecule has 1 aromatic carbocycles. The van der Waals surface area contributed by atoms with Gasteiger partial charge in [-0.05, 0) is 31.0 Å². The normalized spacial score (nSPS) is 13.5. The highest BCUT2D eigenvalue weighted by molar-refractivity contribution is 5.89. The fraction of sp³-hybridized carbons (Fsp3) is 0.412. The Bertz CT molecular complexity index is 825. The van der Waals surface area contributed by atoms with Crippen molar-refractivity contribution >= 4 is 11.7 Å². The fourth-order valence-corrected chi connectivity index (χ4v) is 2.85. The molecule has 2 aromatic rings. The number of nitrogens with zero attached hydrogens (tertiary/aromatic N) is 5. The third-order valence-electron chi connectivity index (χ3n) is 4.25. The van der Waals surface area contributed by atoms with Crippen LogP contribution in [0.5, 0.6) is 0 Å². The molecule has 0 fully saturated rings. The van der Waals surface area contributed by atoms with Gasteiger partial charge in [0.05, 0.1) is 12.1 Å². The van der Waals surface area contributed by atoms with Crippen LogP contribution in [0.3, 0.4) is 0 Å². The zero-order chi connectivity index (χ0) is 17.8. The lowest BCUT2D eigenvalue weighted by atomic mass is 10.2. The van der Waals surface area contributed by atoms with Gasteiger partial charge in [0, 0.05) is 25.7 Å². The van der Waals surface area contributed by atoms with Crippen molar-refractivity contribution in [2.24, 2.45) is 0 Å². The van der Waals surface area contributed by atoms with Crippen LogP contribution in [-0.2, 0) is 19.5 Å². The molecule has 130 valence electrons. The van der Waals surface area contributed by atoms with Gasteiger partial charge in [-0.3, -0.25) is 0 Å². The van der Waals surface area contributed by atoms with E-state index in [9.17, 15) is 9.18 Å². The van der Waals surface area contributed by atoms with Crippen LogP contribution in [0.2, 0.25) is 0 Å². The molecule has 0 bridgehead atoms. The summed E-state index contributed by atoms with van der Waals surface area (Å²) in [5.41, 5.74) is 0.262. The molecule has 7 nitrogen and oxygen atoms in total. The van der Waals surface area contributed by atoms with Gasteiger partial charge in [0.2, 0.25) is 0 Å². The highest BCUT2D eigenvalue weighted by atomic mass is 19.1. The molecule has 1 aliphatic heterocycles. The van der Waals surface area contributed by atoms with Crippen LogP contribution in [0, 0.1) is 17.1 Å². The number of anilines is 1. The Morgan fingerprint density at radius 2 is 2.24 bits per heavy atom. The van der Waals surface area contributed by atoms with Crippen molar-refractivity contribution in [1.82, 2.24) is 19.7 Å². The first kappa shape index (κ1) is 16.9. The fourth-order valence-electron chi connectivity index (χ4n) is 2.85. The predicted octanol–water partition coefficient (Wildman–Crippen LogP) is 2.68. The molecule has 0 saturated carbocycles. The molecule has 0 spiro atoms. The van der Waals surface area contributed by atoms with Gasteiger partial charge in [-0.1, -0.05) is 6.42 Å². The number of nitriles is 1. The Morgan fingerprint density at radius 3 is 3.04 bits per heavy atom. The van der Waals surface area contributed by atoms with Gasteiger partial charge in [-0.15, -0.1) is 10.2 Å². The average molecular weight is 342 g/mol. The van der Waals surface area contributed by atoms with Crippen molar-refractivity contribution in [2.45, 2.75) is 38.8 Å². The molecule has 2 amide bonds. The van der Waals surface area contributed by atoms with E-state index in [1.165, 1.54) is 23.5 Å². The maximum Gasteiger partial charge on any atom is 0.321 e. The summed E-state index contributed by atoms with van der Waals surface area (Å²) in [5, 5.41) is 20.0. The standard InChI is InChI=1S/C17H19FN6O/c1-23(11-16-22-21-15-5-3-2-4-8-24(15)16)17(25)20-13-6-7-14(18)12(9-13)10-19/h6-7,9H,2-5,8,11H2,1H3,(H,20,25). The van der Waals surface area contributed by atoms with Crippen molar-refractivity contribution < 1.29 is 9.18 Å². The largest absolute Gasteiger partial charge is 0.321 e. The van der Waals surface area contributed by atoms with Crippen molar-refractivity contribution in [1.29, 1.82) is 5.26 Å². The van der Waals surface area contributed by atoms with Gasteiger partial charge in [0.15, 0.2) is 5.82 Å². The Balaban J connectivity index is 1.67. The number of aromatic nitrogens is 3. The van der Waals surface area contributed by atoms with E-state index in [4.69, 9.17) is 5.26 Å². The zero-order valence-corrected chi connectivity index (χ0v) is 14.0. The van der Waals surface area contributed by atoms with E-state index in [1.54, 1.807) is 13.1 Å². The van der Waals surface area contributed by atoms with Crippen molar-refractivity contribution in [2.75, 3.05) is 12.4 Å². The van der Waals surface area contributed by atoms with Gasteiger partial charge in [0.1, 0.15) is 17.7 Å². The quantitative estimate of drug-likeness (QED) is 0.929. The van der Waals surface area contributed by atoms with Crippen molar-refractivity contribution in [3.8, 4) is 6.07 Å². The Labute approximate surface area is 145 Å². The maximum atomic E-state index is 13.3. The van der Waals surface area contributed by atoms with Crippen LogP contribution in [0.1, 0.15) is 36.5 Å². The molecule has 1 aliphatic rings. The van der Waals surface area contributed by atoms with Crippen LogP contribution >= 0.6 is 0 Å². The maximum absolute atomic E-state index is 13.3. The summed E-state index contributed by atoms with van der Waals surface area (Å²) in [6.45, 7) is 1.20. The van der Waals surface area contributed by atoms with E-state index in [-0.39, 0.29) is 11.6 Å². The minimum absolute atomic E-state index is 0.108. The second-order valence-corrected chi connectivity index (χ2v) is 6.09. The number of halogens is 1. The van der Waals surface area contributed by atoms with Crippen LogP contribution in [0.15, 0.2) is 18.2 Å². The summed E-state index contributed by atoms with van der Waals surface area (Å²) < 4.78 is 15.4. The number of carbonyl (C=O) groups is 1. The molecular weight excluding hydrogens is 323 g/mol. The number of urea groups is 1. The molecule has 0 atom stereocenters. The molecule has 25 heavy (non-hydrogen) atoms. The molecule has 2 heterocycles. The highest BCUT2D eigenvalue weighted by Gasteiger charge is 2.18. The zero-order valence-electron chi connectivity index (χ0n) is 14.0. The van der Waals surface area contributed by atoms with Crippen molar-refractivity contribution in [3.63, 3.8) is 0 Å². The number of hydrogen-bond acceptors (Lipinski definition) is 4. The summed E-state index contributed by atoms with van der Waals surface area (Å²) in [5.74, 6) is 1.12. The number of aryl methyl sites for hydroxylation is 1. The molecule has 3 rings (SSSR count). The first-order valence-corrected chi connectivity index (χ1v) is 8.21. The number of nitrogens with one attached hydrogen (secondary N) is 1. The molecule has 8 heteroatoms. The van der Waals surface area contributed by atoms with Crippen LogP contribution in [0.4, 0.5) is 14.9 Å². The molecule has 0 saturated heterocycles. The van der Waals surface area contributed by atoms with Crippen molar-refractivity contribution in [3.05, 3.63) is 41.2 Å². The van der Waals surface area contributed by atoms with E-state index in [0.29, 0.717) is 12.2 Å².